The van der Waals surface area contributed by atoms with Gasteiger partial charge in [0.2, 0.25) is 0 Å². The van der Waals surface area contributed by atoms with E-state index in [0.717, 1.165) is 6.42 Å². The number of hydrogen-bond donors (Lipinski definition) is 1. The van der Waals surface area contributed by atoms with Crippen molar-refractivity contribution in [1.82, 2.24) is 15.0 Å². The van der Waals surface area contributed by atoms with E-state index in [-0.39, 0.29) is 11.8 Å². The summed E-state index contributed by atoms with van der Waals surface area (Å²) in [6.45, 7) is 4.55. The van der Waals surface area contributed by atoms with Gasteiger partial charge in [0.25, 0.3) is 5.91 Å². The molecule has 0 bridgehead atoms. The average Bonchev–Trinajstić information content (AvgIpc) is 2.61. The Kier molecular flexibility index (Phi) is 3.79. The highest BCUT2D eigenvalue weighted by molar-refractivity contribution is 5.91. The van der Waals surface area contributed by atoms with Gasteiger partial charge in [-0.3, -0.25) is 4.79 Å². The number of hydrogen-bond acceptors (Lipinski definition) is 4. The van der Waals surface area contributed by atoms with Crippen LogP contribution in [0, 0.1) is 0 Å². The Morgan fingerprint density at radius 2 is 2.33 bits per heavy atom. The molecule has 1 heterocycles. The van der Waals surface area contributed by atoms with E-state index in [1.165, 1.54) is 0 Å². The molecule has 0 aliphatic rings. The number of rotatable bonds is 5. The summed E-state index contributed by atoms with van der Waals surface area (Å²) in [4.78, 5) is 11.1. The monoisotopic (exact) mass is 212 g/mol. The molecule has 2 N–H and O–H groups in total. The van der Waals surface area contributed by atoms with E-state index in [4.69, 9.17) is 10.5 Å². The summed E-state index contributed by atoms with van der Waals surface area (Å²) in [5.41, 5.74) is 6.04. The van der Waals surface area contributed by atoms with Crippen molar-refractivity contribution in [3.8, 4) is 0 Å². The zero-order valence-corrected chi connectivity index (χ0v) is 9.23. The maximum atomic E-state index is 11.1. The highest BCUT2D eigenvalue weighted by Crippen LogP contribution is 2.18. The molecule has 0 aromatic carbocycles. The van der Waals surface area contributed by atoms with Crippen LogP contribution in [0.3, 0.4) is 0 Å². The fourth-order valence-corrected chi connectivity index (χ4v) is 1.39. The zero-order valence-electron chi connectivity index (χ0n) is 9.23. The van der Waals surface area contributed by atoms with Crippen LogP contribution in [-0.4, -0.2) is 28.0 Å². The maximum absolute atomic E-state index is 11.1. The van der Waals surface area contributed by atoms with Crippen molar-refractivity contribution in [2.24, 2.45) is 5.73 Å². The number of nitrogens with zero attached hydrogens (tertiary/aromatic N) is 3. The van der Waals surface area contributed by atoms with Crippen molar-refractivity contribution in [3.63, 3.8) is 0 Å². The van der Waals surface area contributed by atoms with Crippen LogP contribution in [0.4, 0.5) is 0 Å². The van der Waals surface area contributed by atoms with Crippen molar-refractivity contribution in [2.75, 3.05) is 7.11 Å². The lowest BCUT2D eigenvalue weighted by atomic mass is 10.2. The first-order valence-corrected chi connectivity index (χ1v) is 4.87. The van der Waals surface area contributed by atoms with Crippen LogP contribution in [0.25, 0.3) is 0 Å². The molecular weight excluding hydrogens is 196 g/mol. The van der Waals surface area contributed by atoms with Gasteiger partial charge in [-0.15, -0.1) is 5.10 Å². The van der Waals surface area contributed by atoms with E-state index in [0.29, 0.717) is 12.2 Å². The zero-order chi connectivity index (χ0) is 11.4. The second-order valence-corrected chi connectivity index (χ2v) is 3.29. The molecule has 6 heteroatoms. The first-order chi connectivity index (χ1) is 7.11. The van der Waals surface area contributed by atoms with Gasteiger partial charge in [0.1, 0.15) is 5.69 Å². The summed E-state index contributed by atoms with van der Waals surface area (Å²) in [5, 5.41) is 7.64. The lowest BCUT2D eigenvalue weighted by Crippen LogP contribution is -2.17. The largest absolute Gasteiger partial charge is 0.375 e. The Labute approximate surface area is 88.4 Å². The maximum Gasteiger partial charge on any atom is 0.271 e. The predicted octanol–water partition coefficient (Wildman–Crippen LogP) is 0.494. The van der Waals surface area contributed by atoms with Gasteiger partial charge in [-0.2, -0.15) is 0 Å². The summed E-state index contributed by atoms with van der Waals surface area (Å²) in [6.07, 6.45) is 0.666. The van der Waals surface area contributed by atoms with Gasteiger partial charge in [0.05, 0.1) is 6.10 Å². The molecule has 1 aromatic rings. The molecule has 0 aliphatic heterocycles. The topological polar surface area (TPSA) is 83.0 Å². The summed E-state index contributed by atoms with van der Waals surface area (Å²) in [5.74, 6) is -0.573. The van der Waals surface area contributed by atoms with Crippen LogP contribution in [0.5, 0.6) is 0 Å². The number of nitrogens with two attached hydrogens (primary N) is 1. The highest BCUT2D eigenvalue weighted by Gasteiger charge is 2.21. The molecule has 0 spiro atoms. The molecule has 6 nitrogen and oxygen atoms in total. The second-order valence-electron chi connectivity index (χ2n) is 3.29. The van der Waals surface area contributed by atoms with Crippen molar-refractivity contribution >= 4 is 5.91 Å². The number of methoxy groups -OCH3 is 1. The molecule has 1 atom stereocenters. The van der Waals surface area contributed by atoms with Crippen LogP contribution in [0.1, 0.15) is 42.6 Å². The molecule has 1 rings (SSSR count). The SMILES string of the molecule is CCCn1nnc(C(N)=O)c1C(C)OC. The third kappa shape index (κ3) is 2.33. The average molecular weight is 212 g/mol. The van der Waals surface area contributed by atoms with E-state index < -0.39 is 5.91 Å². The summed E-state index contributed by atoms with van der Waals surface area (Å²) < 4.78 is 6.82. The molecule has 1 amide bonds. The molecule has 1 aromatic heterocycles. The van der Waals surface area contributed by atoms with E-state index in [2.05, 4.69) is 10.3 Å². The van der Waals surface area contributed by atoms with E-state index >= 15 is 0 Å². The fraction of sp³-hybridized carbons (Fsp3) is 0.667. The number of ether oxygens (including phenoxy) is 1. The standard InChI is InChI=1S/C9H16N4O2/c1-4-5-13-8(6(2)15-3)7(9(10)14)11-12-13/h6H,4-5H2,1-3H3,(H2,10,14). The summed E-state index contributed by atoms with van der Waals surface area (Å²) in [6, 6.07) is 0. The van der Waals surface area contributed by atoms with Gasteiger partial charge in [0, 0.05) is 13.7 Å². The number of amides is 1. The van der Waals surface area contributed by atoms with Crippen molar-refractivity contribution < 1.29 is 9.53 Å². The smallest absolute Gasteiger partial charge is 0.271 e. The first-order valence-electron chi connectivity index (χ1n) is 4.87. The molecule has 0 aliphatic carbocycles. The number of carbonyl (C=O) groups excluding carboxylic acids is 1. The van der Waals surface area contributed by atoms with Crippen LogP contribution in [0.15, 0.2) is 0 Å². The van der Waals surface area contributed by atoms with E-state index in [1.807, 2.05) is 13.8 Å². The molecule has 0 saturated heterocycles. The Hall–Kier alpha value is -1.43. The van der Waals surface area contributed by atoms with E-state index in [1.54, 1.807) is 11.8 Å². The van der Waals surface area contributed by atoms with Gasteiger partial charge in [-0.05, 0) is 13.3 Å². The van der Waals surface area contributed by atoms with Crippen LogP contribution < -0.4 is 5.73 Å². The first kappa shape index (κ1) is 11.6. The number of aromatic nitrogens is 3. The van der Waals surface area contributed by atoms with Gasteiger partial charge in [0.15, 0.2) is 5.69 Å². The minimum Gasteiger partial charge on any atom is -0.375 e. The molecule has 0 saturated carbocycles. The van der Waals surface area contributed by atoms with Gasteiger partial charge in [-0.1, -0.05) is 12.1 Å². The molecule has 0 fully saturated rings. The molecule has 1 unspecified atom stereocenters. The van der Waals surface area contributed by atoms with Crippen LogP contribution in [-0.2, 0) is 11.3 Å². The van der Waals surface area contributed by atoms with Gasteiger partial charge < -0.3 is 10.5 Å². The highest BCUT2D eigenvalue weighted by atomic mass is 16.5. The molecule has 0 radical (unpaired) electrons. The molecule has 84 valence electrons. The van der Waals surface area contributed by atoms with Gasteiger partial charge >= 0.3 is 0 Å². The Morgan fingerprint density at radius 3 is 2.80 bits per heavy atom. The van der Waals surface area contributed by atoms with Crippen molar-refractivity contribution in [2.45, 2.75) is 32.9 Å². The van der Waals surface area contributed by atoms with Crippen molar-refractivity contribution in [1.29, 1.82) is 0 Å². The minimum absolute atomic E-state index is 0.192. The van der Waals surface area contributed by atoms with Crippen LogP contribution >= 0.6 is 0 Å². The third-order valence-corrected chi connectivity index (χ3v) is 2.18. The molecule has 15 heavy (non-hydrogen) atoms. The Morgan fingerprint density at radius 1 is 1.67 bits per heavy atom. The number of aryl methyl sites for hydroxylation is 1. The minimum atomic E-state index is -0.573. The number of carbonyl (C=O) groups is 1. The quantitative estimate of drug-likeness (QED) is 0.770. The van der Waals surface area contributed by atoms with Gasteiger partial charge in [-0.25, -0.2) is 4.68 Å². The molecular formula is C9H16N4O2. The summed E-state index contributed by atoms with van der Waals surface area (Å²) in [7, 11) is 1.57. The number of primary amides is 1. The lowest BCUT2D eigenvalue weighted by molar-refractivity contribution is 0.0960. The van der Waals surface area contributed by atoms with E-state index in [9.17, 15) is 4.79 Å². The summed E-state index contributed by atoms with van der Waals surface area (Å²) >= 11 is 0. The predicted molar refractivity (Wildman–Crippen MR) is 54.3 cm³/mol. The lowest BCUT2D eigenvalue weighted by Gasteiger charge is -2.11. The Balaban J connectivity index is 3.13. The van der Waals surface area contributed by atoms with Crippen molar-refractivity contribution in [3.05, 3.63) is 11.4 Å². The third-order valence-electron chi connectivity index (χ3n) is 2.18. The second kappa shape index (κ2) is 4.88. The fourth-order valence-electron chi connectivity index (χ4n) is 1.39. The Bertz CT molecular complexity index is 348. The normalized spacial score (nSPS) is 12.7. The van der Waals surface area contributed by atoms with Crippen LogP contribution in [0.2, 0.25) is 0 Å².